The van der Waals surface area contributed by atoms with Crippen molar-refractivity contribution in [3.8, 4) is 0 Å². The number of aliphatic carboxylic acids is 1. The summed E-state index contributed by atoms with van der Waals surface area (Å²) in [7, 11) is 1.57. The molecule has 0 radical (unpaired) electrons. The molecule has 1 rings (SSSR count). The molecule has 1 aliphatic carbocycles. The SMILES string of the molecule is COCCCC(=O)NC(CC1CC1)C(=O)O. The summed E-state index contributed by atoms with van der Waals surface area (Å²) in [5.41, 5.74) is 0. The van der Waals surface area contributed by atoms with Crippen LogP contribution in [0.5, 0.6) is 0 Å². The predicted molar refractivity (Wildman–Crippen MR) is 58.0 cm³/mol. The lowest BCUT2D eigenvalue weighted by atomic mass is 10.1. The van der Waals surface area contributed by atoms with Gasteiger partial charge in [-0.1, -0.05) is 12.8 Å². The molecule has 0 aromatic rings. The highest BCUT2D eigenvalue weighted by Gasteiger charge is 2.29. The number of hydrogen-bond donors (Lipinski definition) is 2. The summed E-state index contributed by atoms with van der Waals surface area (Å²) in [5, 5.41) is 11.5. The topological polar surface area (TPSA) is 75.6 Å². The van der Waals surface area contributed by atoms with E-state index in [-0.39, 0.29) is 5.91 Å². The van der Waals surface area contributed by atoms with Gasteiger partial charge in [0.1, 0.15) is 6.04 Å². The highest BCUT2D eigenvalue weighted by Crippen LogP contribution is 2.33. The van der Waals surface area contributed by atoms with Crippen LogP contribution in [0, 0.1) is 5.92 Å². The van der Waals surface area contributed by atoms with Crippen LogP contribution < -0.4 is 5.32 Å². The minimum absolute atomic E-state index is 0.204. The van der Waals surface area contributed by atoms with Gasteiger partial charge in [-0.2, -0.15) is 0 Å². The zero-order valence-electron chi connectivity index (χ0n) is 9.57. The van der Waals surface area contributed by atoms with Gasteiger partial charge >= 0.3 is 5.97 Å². The smallest absolute Gasteiger partial charge is 0.326 e. The van der Waals surface area contributed by atoms with Crippen molar-refractivity contribution in [2.24, 2.45) is 5.92 Å². The predicted octanol–water partition coefficient (Wildman–Crippen LogP) is 0.782. The van der Waals surface area contributed by atoms with E-state index < -0.39 is 12.0 Å². The Balaban J connectivity index is 2.23. The van der Waals surface area contributed by atoms with Crippen molar-refractivity contribution in [1.29, 1.82) is 0 Å². The van der Waals surface area contributed by atoms with Gasteiger partial charge < -0.3 is 15.2 Å². The standard InChI is InChI=1S/C11H19NO4/c1-16-6-2-3-10(13)12-9(11(14)15)7-8-4-5-8/h8-9H,2-7H2,1H3,(H,12,13)(H,14,15). The summed E-state index contributed by atoms with van der Waals surface area (Å²) in [4.78, 5) is 22.3. The zero-order valence-corrected chi connectivity index (χ0v) is 9.57. The van der Waals surface area contributed by atoms with Gasteiger partial charge in [-0.15, -0.1) is 0 Å². The molecule has 92 valence electrons. The molecular weight excluding hydrogens is 210 g/mol. The minimum atomic E-state index is -0.938. The highest BCUT2D eigenvalue weighted by molar-refractivity contribution is 5.83. The minimum Gasteiger partial charge on any atom is -0.480 e. The molecule has 2 N–H and O–H groups in total. The number of carboxylic acids is 1. The Bertz CT molecular complexity index is 250. The van der Waals surface area contributed by atoms with E-state index in [0.717, 1.165) is 12.8 Å². The van der Waals surface area contributed by atoms with Crippen LogP contribution in [-0.4, -0.2) is 36.7 Å². The number of nitrogens with one attached hydrogen (secondary N) is 1. The average Bonchev–Trinajstić information content (AvgIpc) is 3.01. The third kappa shape index (κ3) is 5.11. The fraction of sp³-hybridized carbons (Fsp3) is 0.818. The Kier molecular flexibility index (Phi) is 5.25. The fourth-order valence-corrected chi connectivity index (χ4v) is 1.55. The van der Waals surface area contributed by atoms with Crippen molar-refractivity contribution in [3.63, 3.8) is 0 Å². The quantitative estimate of drug-likeness (QED) is 0.603. The summed E-state index contributed by atoms with van der Waals surface area (Å²) in [6, 6.07) is -0.720. The molecular formula is C11H19NO4. The summed E-state index contributed by atoms with van der Waals surface area (Å²) >= 11 is 0. The first kappa shape index (κ1) is 13.0. The van der Waals surface area contributed by atoms with Crippen molar-refractivity contribution in [3.05, 3.63) is 0 Å². The summed E-state index contributed by atoms with van der Waals surface area (Å²) in [5.74, 6) is -0.655. The second-order valence-electron chi connectivity index (χ2n) is 4.23. The van der Waals surface area contributed by atoms with E-state index in [4.69, 9.17) is 9.84 Å². The first-order valence-corrected chi connectivity index (χ1v) is 5.64. The van der Waals surface area contributed by atoms with E-state index in [1.54, 1.807) is 7.11 Å². The molecule has 1 unspecified atom stereocenters. The average molecular weight is 229 g/mol. The molecule has 0 heterocycles. The van der Waals surface area contributed by atoms with Gasteiger partial charge in [0.2, 0.25) is 5.91 Å². The normalized spacial score (nSPS) is 16.8. The van der Waals surface area contributed by atoms with Crippen LogP contribution in [-0.2, 0) is 14.3 Å². The number of carbonyl (C=O) groups is 2. The van der Waals surface area contributed by atoms with Crippen molar-refractivity contribution in [1.82, 2.24) is 5.32 Å². The molecule has 0 aromatic carbocycles. The lowest BCUT2D eigenvalue weighted by Crippen LogP contribution is -2.41. The van der Waals surface area contributed by atoms with E-state index in [1.807, 2.05) is 0 Å². The molecule has 1 atom stereocenters. The molecule has 1 fully saturated rings. The molecule has 0 bridgehead atoms. The largest absolute Gasteiger partial charge is 0.480 e. The second kappa shape index (κ2) is 6.48. The Hall–Kier alpha value is -1.10. The molecule has 16 heavy (non-hydrogen) atoms. The number of carbonyl (C=O) groups excluding carboxylic acids is 1. The molecule has 5 heteroatoms. The number of amides is 1. The maximum Gasteiger partial charge on any atom is 0.326 e. The maximum atomic E-state index is 11.4. The molecule has 0 spiro atoms. The van der Waals surface area contributed by atoms with Gasteiger partial charge in [0, 0.05) is 20.1 Å². The van der Waals surface area contributed by atoms with Crippen molar-refractivity contribution in [2.45, 2.75) is 38.1 Å². The number of hydrogen-bond acceptors (Lipinski definition) is 3. The van der Waals surface area contributed by atoms with Gasteiger partial charge in [0.15, 0.2) is 0 Å². The van der Waals surface area contributed by atoms with E-state index in [9.17, 15) is 9.59 Å². The van der Waals surface area contributed by atoms with Gasteiger partial charge in [0.25, 0.3) is 0 Å². The Morgan fingerprint density at radius 1 is 1.50 bits per heavy atom. The second-order valence-corrected chi connectivity index (χ2v) is 4.23. The van der Waals surface area contributed by atoms with Crippen LogP contribution in [0.1, 0.15) is 32.1 Å². The number of carboxylic acid groups (broad SMARTS) is 1. The van der Waals surface area contributed by atoms with Gasteiger partial charge in [0.05, 0.1) is 0 Å². The van der Waals surface area contributed by atoms with Crippen LogP contribution in [0.15, 0.2) is 0 Å². The molecule has 1 aliphatic rings. The lowest BCUT2D eigenvalue weighted by molar-refractivity contribution is -0.142. The Morgan fingerprint density at radius 3 is 2.69 bits per heavy atom. The van der Waals surface area contributed by atoms with E-state index >= 15 is 0 Å². The van der Waals surface area contributed by atoms with Gasteiger partial charge in [-0.25, -0.2) is 4.79 Å². The molecule has 1 saturated carbocycles. The van der Waals surface area contributed by atoms with Crippen LogP contribution in [0.3, 0.4) is 0 Å². The third-order valence-electron chi connectivity index (χ3n) is 2.65. The van der Waals surface area contributed by atoms with Gasteiger partial charge in [-0.3, -0.25) is 4.79 Å². The lowest BCUT2D eigenvalue weighted by Gasteiger charge is -2.13. The zero-order chi connectivity index (χ0) is 12.0. The van der Waals surface area contributed by atoms with Gasteiger partial charge in [-0.05, 0) is 18.8 Å². The third-order valence-corrected chi connectivity index (χ3v) is 2.65. The highest BCUT2D eigenvalue weighted by atomic mass is 16.5. The fourth-order valence-electron chi connectivity index (χ4n) is 1.55. The van der Waals surface area contributed by atoms with Crippen LogP contribution in [0.4, 0.5) is 0 Å². The summed E-state index contributed by atoms with van der Waals surface area (Å²) < 4.78 is 4.82. The van der Waals surface area contributed by atoms with Crippen molar-refractivity contribution < 1.29 is 19.4 Å². The van der Waals surface area contributed by atoms with Crippen molar-refractivity contribution >= 4 is 11.9 Å². The molecule has 0 aromatic heterocycles. The Labute approximate surface area is 95.2 Å². The van der Waals surface area contributed by atoms with Crippen LogP contribution >= 0.6 is 0 Å². The molecule has 5 nitrogen and oxygen atoms in total. The van der Waals surface area contributed by atoms with Crippen molar-refractivity contribution in [2.75, 3.05) is 13.7 Å². The first-order chi connectivity index (χ1) is 7.63. The summed E-state index contributed by atoms with van der Waals surface area (Å²) in [6.45, 7) is 0.522. The molecule has 0 aliphatic heterocycles. The Morgan fingerprint density at radius 2 is 2.19 bits per heavy atom. The maximum absolute atomic E-state index is 11.4. The molecule has 0 saturated heterocycles. The van der Waals surface area contributed by atoms with E-state index in [1.165, 1.54) is 0 Å². The van der Waals surface area contributed by atoms with Crippen LogP contribution in [0.25, 0.3) is 0 Å². The number of rotatable bonds is 8. The first-order valence-electron chi connectivity index (χ1n) is 5.64. The van der Waals surface area contributed by atoms with E-state index in [2.05, 4.69) is 5.32 Å². The van der Waals surface area contributed by atoms with E-state index in [0.29, 0.717) is 31.8 Å². The monoisotopic (exact) mass is 229 g/mol. The number of methoxy groups -OCH3 is 1. The summed E-state index contributed by atoms with van der Waals surface area (Å²) in [6.07, 6.45) is 3.68. The number of ether oxygens (including phenoxy) is 1. The molecule has 1 amide bonds. The van der Waals surface area contributed by atoms with Crippen LogP contribution in [0.2, 0.25) is 0 Å².